The molecule has 0 amide bonds. The van der Waals surface area contributed by atoms with E-state index in [1.807, 2.05) is 72.8 Å². The Morgan fingerprint density at radius 3 is 0.848 bits per heavy atom. The number of benzene rings is 6. The standard InChI is InChI=1S/C40H36N2O4/c1-45-39-23-19-37(20-24-39)42(38-21-25-40(46-2)26-22-38)36-17-9-32(10-18-36)31-7-15-35(16-8-31)41(33-11-3-29(27-43)4-12-33)34-13-5-30(28-44)6-14-34/h3-26,43-44H,27-28H2,1-2H3. The van der Waals surface area contributed by atoms with Crippen LogP contribution in [-0.2, 0) is 13.2 Å². The molecule has 0 aromatic heterocycles. The van der Waals surface area contributed by atoms with Crippen molar-refractivity contribution in [3.8, 4) is 22.6 Å². The van der Waals surface area contributed by atoms with Crippen molar-refractivity contribution in [1.82, 2.24) is 0 Å². The maximum atomic E-state index is 9.55. The summed E-state index contributed by atoms with van der Waals surface area (Å²) in [6.45, 7) is -0.00612. The minimum absolute atomic E-state index is 0.00306. The molecule has 0 aliphatic carbocycles. The molecule has 46 heavy (non-hydrogen) atoms. The molecule has 6 aromatic rings. The van der Waals surface area contributed by atoms with Gasteiger partial charge in [-0.05, 0) is 119 Å². The number of aliphatic hydroxyl groups is 2. The SMILES string of the molecule is COc1ccc(N(c2ccc(OC)cc2)c2ccc(-c3ccc(N(c4ccc(CO)cc4)c4ccc(CO)cc4)cc3)cc2)cc1. The topological polar surface area (TPSA) is 65.4 Å². The molecule has 0 bridgehead atoms. The molecule has 230 valence electrons. The van der Waals surface area contributed by atoms with E-state index in [-0.39, 0.29) is 13.2 Å². The van der Waals surface area contributed by atoms with Crippen LogP contribution in [0.1, 0.15) is 11.1 Å². The number of nitrogens with zero attached hydrogens (tertiary/aromatic N) is 2. The Morgan fingerprint density at radius 1 is 0.370 bits per heavy atom. The van der Waals surface area contributed by atoms with Crippen LogP contribution in [0, 0.1) is 0 Å². The number of methoxy groups -OCH3 is 2. The predicted octanol–water partition coefficient (Wildman–Crippen LogP) is 9.29. The first-order chi connectivity index (χ1) is 22.6. The van der Waals surface area contributed by atoms with E-state index >= 15 is 0 Å². The average molecular weight is 609 g/mol. The van der Waals surface area contributed by atoms with E-state index in [1.54, 1.807) is 14.2 Å². The quantitative estimate of drug-likeness (QED) is 0.153. The fraction of sp³-hybridized carbons (Fsp3) is 0.100. The van der Waals surface area contributed by atoms with E-state index < -0.39 is 0 Å². The van der Waals surface area contributed by atoms with Gasteiger partial charge in [0.1, 0.15) is 11.5 Å². The molecule has 0 aliphatic rings. The van der Waals surface area contributed by atoms with Crippen LogP contribution in [0.25, 0.3) is 11.1 Å². The van der Waals surface area contributed by atoms with E-state index in [9.17, 15) is 10.2 Å². The normalized spacial score (nSPS) is 10.8. The minimum Gasteiger partial charge on any atom is -0.497 e. The number of aliphatic hydroxyl groups excluding tert-OH is 2. The van der Waals surface area contributed by atoms with Gasteiger partial charge in [0.25, 0.3) is 0 Å². The van der Waals surface area contributed by atoms with Gasteiger partial charge in [0, 0.05) is 34.1 Å². The fourth-order valence-corrected chi connectivity index (χ4v) is 5.46. The highest BCUT2D eigenvalue weighted by molar-refractivity contribution is 5.81. The molecular weight excluding hydrogens is 572 g/mol. The summed E-state index contributed by atoms with van der Waals surface area (Å²) in [6, 6.07) is 48.9. The Kier molecular flexibility index (Phi) is 9.29. The second kappa shape index (κ2) is 14.0. The lowest BCUT2D eigenvalue weighted by molar-refractivity contribution is 0.281. The average Bonchev–Trinajstić information content (AvgIpc) is 3.13. The molecule has 0 spiro atoms. The first-order valence-electron chi connectivity index (χ1n) is 15.1. The molecule has 0 fully saturated rings. The summed E-state index contributed by atoms with van der Waals surface area (Å²) in [7, 11) is 3.34. The smallest absolute Gasteiger partial charge is 0.119 e. The Hall–Kier alpha value is -5.56. The molecule has 6 heteroatoms. The zero-order chi connectivity index (χ0) is 31.9. The summed E-state index contributed by atoms with van der Waals surface area (Å²) in [5.41, 5.74) is 9.92. The highest BCUT2D eigenvalue weighted by Crippen LogP contribution is 2.39. The van der Waals surface area contributed by atoms with Crippen molar-refractivity contribution in [2.45, 2.75) is 13.2 Å². The van der Waals surface area contributed by atoms with E-state index in [1.165, 1.54) is 0 Å². The number of hydrogen-bond donors (Lipinski definition) is 2. The van der Waals surface area contributed by atoms with E-state index in [4.69, 9.17) is 9.47 Å². The molecule has 0 atom stereocenters. The molecule has 0 heterocycles. The van der Waals surface area contributed by atoms with Crippen molar-refractivity contribution in [1.29, 1.82) is 0 Å². The molecular formula is C40H36N2O4. The number of anilines is 6. The summed E-state index contributed by atoms with van der Waals surface area (Å²) in [4.78, 5) is 4.37. The minimum atomic E-state index is -0.00306. The third-order valence-corrected chi connectivity index (χ3v) is 8.00. The first kappa shape index (κ1) is 30.5. The van der Waals surface area contributed by atoms with Crippen LogP contribution in [0.5, 0.6) is 11.5 Å². The van der Waals surface area contributed by atoms with Crippen molar-refractivity contribution in [3.05, 3.63) is 157 Å². The van der Waals surface area contributed by atoms with Gasteiger partial charge in [-0.1, -0.05) is 48.5 Å². The van der Waals surface area contributed by atoms with Crippen LogP contribution in [0.15, 0.2) is 146 Å². The van der Waals surface area contributed by atoms with Crippen molar-refractivity contribution >= 4 is 34.1 Å². The van der Waals surface area contributed by atoms with Gasteiger partial charge in [-0.15, -0.1) is 0 Å². The lowest BCUT2D eigenvalue weighted by atomic mass is 10.0. The predicted molar refractivity (Wildman–Crippen MR) is 186 cm³/mol. The maximum Gasteiger partial charge on any atom is 0.119 e. The zero-order valence-electron chi connectivity index (χ0n) is 25.9. The Morgan fingerprint density at radius 2 is 0.609 bits per heavy atom. The van der Waals surface area contributed by atoms with Gasteiger partial charge in [-0.25, -0.2) is 0 Å². The van der Waals surface area contributed by atoms with Crippen LogP contribution in [0.4, 0.5) is 34.1 Å². The molecule has 2 N–H and O–H groups in total. The van der Waals surface area contributed by atoms with Gasteiger partial charge < -0.3 is 29.5 Å². The van der Waals surface area contributed by atoms with Crippen LogP contribution >= 0.6 is 0 Å². The molecule has 0 aliphatic heterocycles. The lowest BCUT2D eigenvalue weighted by Gasteiger charge is -2.26. The lowest BCUT2D eigenvalue weighted by Crippen LogP contribution is -2.10. The highest BCUT2D eigenvalue weighted by atomic mass is 16.5. The summed E-state index contributed by atoms with van der Waals surface area (Å²) in [6.07, 6.45) is 0. The van der Waals surface area contributed by atoms with Crippen molar-refractivity contribution in [2.75, 3.05) is 24.0 Å². The highest BCUT2D eigenvalue weighted by Gasteiger charge is 2.15. The molecule has 6 aromatic carbocycles. The summed E-state index contributed by atoms with van der Waals surface area (Å²) in [5, 5.41) is 19.1. The van der Waals surface area contributed by atoms with Gasteiger partial charge in [0.2, 0.25) is 0 Å². The van der Waals surface area contributed by atoms with Crippen LogP contribution < -0.4 is 19.3 Å². The number of rotatable bonds is 11. The summed E-state index contributed by atoms with van der Waals surface area (Å²) in [5.74, 6) is 1.61. The Bertz CT molecular complexity index is 1600. The third-order valence-electron chi connectivity index (χ3n) is 8.00. The summed E-state index contributed by atoms with van der Waals surface area (Å²) >= 11 is 0. The van der Waals surface area contributed by atoms with Crippen LogP contribution in [-0.4, -0.2) is 24.4 Å². The molecule has 0 radical (unpaired) electrons. The van der Waals surface area contributed by atoms with Gasteiger partial charge in [0.05, 0.1) is 27.4 Å². The molecule has 0 unspecified atom stereocenters. The zero-order valence-corrected chi connectivity index (χ0v) is 25.9. The van der Waals surface area contributed by atoms with Gasteiger partial charge >= 0.3 is 0 Å². The van der Waals surface area contributed by atoms with Crippen LogP contribution in [0.3, 0.4) is 0 Å². The van der Waals surface area contributed by atoms with E-state index in [0.29, 0.717) is 0 Å². The van der Waals surface area contributed by atoms with Gasteiger partial charge in [0.15, 0.2) is 0 Å². The monoisotopic (exact) mass is 608 g/mol. The number of ether oxygens (including phenoxy) is 2. The summed E-state index contributed by atoms with van der Waals surface area (Å²) < 4.78 is 10.8. The van der Waals surface area contributed by atoms with E-state index in [0.717, 1.165) is 67.9 Å². The van der Waals surface area contributed by atoms with Crippen molar-refractivity contribution in [3.63, 3.8) is 0 Å². The fourth-order valence-electron chi connectivity index (χ4n) is 5.46. The van der Waals surface area contributed by atoms with Crippen LogP contribution in [0.2, 0.25) is 0 Å². The van der Waals surface area contributed by atoms with Crippen molar-refractivity contribution in [2.24, 2.45) is 0 Å². The number of hydrogen-bond acceptors (Lipinski definition) is 6. The first-order valence-corrected chi connectivity index (χ1v) is 15.1. The molecule has 6 nitrogen and oxygen atoms in total. The molecule has 0 saturated carbocycles. The largest absolute Gasteiger partial charge is 0.497 e. The molecule has 0 saturated heterocycles. The molecule has 6 rings (SSSR count). The Labute approximate surface area is 270 Å². The second-order valence-corrected chi connectivity index (χ2v) is 10.8. The Balaban J connectivity index is 1.31. The van der Waals surface area contributed by atoms with E-state index in [2.05, 4.69) is 82.6 Å². The third kappa shape index (κ3) is 6.59. The second-order valence-electron chi connectivity index (χ2n) is 10.8. The maximum absolute atomic E-state index is 9.55. The van der Waals surface area contributed by atoms with Gasteiger partial charge in [-0.3, -0.25) is 0 Å². The van der Waals surface area contributed by atoms with Gasteiger partial charge in [-0.2, -0.15) is 0 Å². The van der Waals surface area contributed by atoms with Crippen molar-refractivity contribution < 1.29 is 19.7 Å².